The number of nitrogens with one attached hydrogen (secondary N) is 1. The minimum atomic E-state index is -0.520. The van der Waals surface area contributed by atoms with E-state index in [1.54, 1.807) is 18.5 Å². The zero-order valence-electron chi connectivity index (χ0n) is 13.2. The molecule has 0 spiro atoms. The van der Waals surface area contributed by atoms with Crippen molar-refractivity contribution in [2.75, 3.05) is 0 Å². The summed E-state index contributed by atoms with van der Waals surface area (Å²) >= 11 is 0. The predicted octanol–water partition coefficient (Wildman–Crippen LogP) is 3.51. The standard InChI is InChI=1S/C19H15N3O3/c23-19(16-7-4-8-17(13-16)22(24)25)21-18(14-5-2-1-3-6-14)15-9-11-20-12-10-15/h1-13,18H,(H,21,23). The fraction of sp³-hybridized carbons (Fsp3) is 0.0526. The molecule has 0 aliphatic carbocycles. The average Bonchev–Trinajstić information content (AvgIpc) is 2.67. The largest absolute Gasteiger partial charge is 0.341 e. The van der Waals surface area contributed by atoms with Crippen LogP contribution in [-0.2, 0) is 0 Å². The summed E-state index contributed by atoms with van der Waals surface area (Å²) in [5.74, 6) is -0.380. The first-order chi connectivity index (χ1) is 12.1. The normalized spacial score (nSPS) is 11.5. The number of non-ortho nitro benzene ring substituents is 1. The Hall–Kier alpha value is -3.54. The molecule has 0 radical (unpaired) electrons. The van der Waals surface area contributed by atoms with Crippen LogP contribution in [0.1, 0.15) is 27.5 Å². The molecule has 0 aliphatic heterocycles. The summed E-state index contributed by atoms with van der Waals surface area (Å²) in [6, 6.07) is 18.5. The van der Waals surface area contributed by atoms with Gasteiger partial charge in [-0.05, 0) is 29.3 Å². The zero-order chi connectivity index (χ0) is 17.6. The number of nitro groups is 1. The maximum Gasteiger partial charge on any atom is 0.270 e. The molecular formula is C19H15N3O3. The van der Waals surface area contributed by atoms with E-state index in [1.807, 2.05) is 42.5 Å². The van der Waals surface area contributed by atoms with Crippen LogP contribution in [0.5, 0.6) is 0 Å². The molecule has 6 heteroatoms. The second-order valence-electron chi connectivity index (χ2n) is 5.41. The lowest BCUT2D eigenvalue weighted by molar-refractivity contribution is -0.384. The molecule has 0 saturated heterocycles. The highest BCUT2D eigenvalue weighted by Crippen LogP contribution is 2.22. The van der Waals surface area contributed by atoms with Gasteiger partial charge in [0.25, 0.3) is 11.6 Å². The molecule has 2 aromatic carbocycles. The molecule has 3 aromatic rings. The first-order valence-corrected chi connectivity index (χ1v) is 7.65. The number of hydrogen-bond donors (Lipinski definition) is 1. The first kappa shape index (κ1) is 16.3. The van der Waals surface area contributed by atoms with Crippen LogP contribution < -0.4 is 5.32 Å². The lowest BCUT2D eigenvalue weighted by Crippen LogP contribution is -2.29. The minimum Gasteiger partial charge on any atom is -0.341 e. The molecule has 0 fully saturated rings. The Bertz CT molecular complexity index is 843. The molecule has 3 rings (SSSR count). The Morgan fingerprint density at radius 3 is 2.32 bits per heavy atom. The Balaban J connectivity index is 1.92. The molecule has 25 heavy (non-hydrogen) atoms. The van der Waals surface area contributed by atoms with Crippen LogP contribution in [0.15, 0.2) is 79.1 Å². The molecule has 0 aliphatic rings. The quantitative estimate of drug-likeness (QED) is 0.572. The van der Waals surface area contributed by atoms with E-state index >= 15 is 0 Å². The van der Waals surface area contributed by atoms with Crippen LogP contribution >= 0.6 is 0 Å². The Morgan fingerprint density at radius 2 is 1.64 bits per heavy atom. The second kappa shape index (κ2) is 7.35. The van der Waals surface area contributed by atoms with Crippen LogP contribution in [0.3, 0.4) is 0 Å². The fourth-order valence-electron chi connectivity index (χ4n) is 2.54. The summed E-state index contributed by atoms with van der Waals surface area (Å²) in [6.45, 7) is 0. The zero-order valence-corrected chi connectivity index (χ0v) is 13.2. The van der Waals surface area contributed by atoms with Gasteiger partial charge in [-0.25, -0.2) is 0 Å². The smallest absolute Gasteiger partial charge is 0.270 e. The van der Waals surface area contributed by atoms with Crippen molar-refractivity contribution in [1.29, 1.82) is 0 Å². The third-order valence-electron chi connectivity index (χ3n) is 3.77. The number of aromatic nitrogens is 1. The minimum absolute atomic E-state index is 0.118. The third kappa shape index (κ3) is 3.87. The highest BCUT2D eigenvalue weighted by Gasteiger charge is 2.19. The molecule has 1 unspecified atom stereocenters. The Kier molecular flexibility index (Phi) is 4.80. The van der Waals surface area contributed by atoms with Crippen molar-refractivity contribution < 1.29 is 9.72 Å². The van der Waals surface area contributed by atoms with Gasteiger partial charge in [-0.2, -0.15) is 0 Å². The van der Waals surface area contributed by atoms with Crippen molar-refractivity contribution in [2.24, 2.45) is 0 Å². The maximum absolute atomic E-state index is 12.6. The van der Waals surface area contributed by atoms with Gasteiger partial charge in [0.05, 0.1) is 11.0 Å². The molecule has 124 valence electrons. The highest BCUT2D eigenvalue weighted by atomic mass is 16.6. The van der Waals surface area contributed by atoms with Crippen LogP contribution in [0.4, 0.5) is 5.69 Å². The van der Waals surface area contributed by atoms with Gasteiger partial charge in [-0.3, -0.25) is 19.9 Å². The summed E-state index contributed by atoms with van der Waals surface area (Å²) in [7, 11) is 0. The van der Waals surface area contributed by atoms with E-state index in [0.29, 0.717) is 0 Å². The van der Waals surface area contributed by atoms with E-state index in [4.69, 9.17) is 0 Å². The number of rotatable bonds is 5. The van der Waals surface area contributed by atoms with Gasteiger partial charge in [-0.1, -0.05) is 36.4 Å². The lowest BCUT2D eigenvalue weighted by atomic mass is 9.99. The van der Waals surface area contributed by atoms with Gasteiger partial charge < -0.3 is 5.32 Å². The fourth-order valence-corrected chi connectivity index (χ4v) is 2.54. The number of carbonyl (C=O) groups excluding carboxylic acids is 1. The lowest BCUT2D eigenvalue weighted by Gasteiger charge is -2.19. The van der Waals surface area contributed by atoms with Crippen LogP contribution in [0.2, 0.25) is 0 Å². The van der Waals surface area contributed by atoms with Crippen molar-refractivity contribution >= 4 is 11.6 Å². The maximum atomic E-state index is 12.6. The van der Waals surface area contributed by atoms with Crippen LogP contribution in [0, 0.1) is 10.1 Å². The van der Waals surface area contributed by atoms with Gasteiger partial charge >= 0.3 is 0 Å². The van der Waals surface area contributed by atoms with Crippen molar-refractivity contribution in [3.05, 3.63) is 106 Å². The summed E-state index contributed by atoms with van der Waals surface area (Å²) in [6.07, 6.45) is 3.32. The molecule has 0 bridgehead atoms. The van der Waals surface area contributed by atoms with E-state index in [0.717, 1.165) is 11.1 Å². The molecule has 1 amide bonds. The number of nitro benzene ring substituents is 1. The molecule has 1 N–H and O–H groups in total. The van der Waals surface area contributed by atoms with E-state index in [1.165, 1.54) is 18.2 Å². The molecule has 1 atom stereocenters. The topological polar surface area (TPSA) is 85.1 Å². The van der Waals surface area contributed by atoms with E-state index < -0.39 is 4.92 Å². The summed E-state index contributed by atoms with van der Waals surface area (Å²) in [5, 5.41) is 13.9. The number of nitrogens with zero attached hydrogens (tertiary/aromatic N) is 2. The van der Waals surface area contributed by atoms with Crippen molar-refractivity contribution in [1.82, 2.24) is 10.3 Å². The Labute approximate surface area is 144 Å². The van der Waals surface area contributed by atoms with Gasteiger partial charge in [0.2, 0.25) is 0 Å². The molecular weight excluding hydrogens is 318 g/mol. The Morgan fingerprint density at radius 1 is 0.960 bits per heavy atom. The predicted molar refractivity (Wildman–Crippen MR) is 93.1 cm³/mol. The number of benzene rings is 2. The molecule has 6 nitrogen and oxygen atoms in total. The van der Waals surface area contributed by atoms with Crippen molar-refractivity contribution in [3.8, 4) is 0 Å². The van der Waals surface area contributed by atoms with E-state index in [-0.39, 0.29) is 23.2 Å². The van der Waals surface area contributed by atoms with E-state index in [2.05, 4.69) is 10.3 Å². The third-order valence-corrected chi connectivity index (χ3v) is 3.77. The number of carbonyl (C=O) groups is 1. The average molecular weight is 333 g/mol. The SMILES string of the molecule is O=C(NC(c1ccccc1)c1ccncc1)c1cccc([N+](=O)[O-])c1. The highest BCUT2D eigenvalue weighted by molar-refractivity contribution is 5.95. The molecule has 0 saturated carbocycles. The van der Waals surface area contributed by atoms with Crippen molar-refractivity contribution in [3.63, 3.8) is 0 Å². The van der Waals surface area contributed by atoms with Gasteiger partial charge in [-0.15, -0.1) is 0 Å². The number of pyridine rings is 1. The van der Waals surface area contributed by atoms with Crippen LogP contribution in [-0.4, -0.2) is 15.8 Å². The second-order valence-corrected chi connectivity index (χ2v) is 5.41. The number of amides is 1. The van der Waals surface area contributed by atoms with Crippen LogP contribution in [0.25, 0.3) is 0 Å². The van der Waals surface area contributed by atoms with Crippen molar-refractivity contribution in [2.45, 2.75) is 6.04 Å². The van der Waals surface area contributed by atoms with Gasteiger partial charge in [0.15, 0.2) is 0 Å². The monoisotopic (exact) mass is 333 g/mol. The van der Waals surface area contributed by atoms with Gasteiger partial charge in [0.1, 0.15) is 0 Å². The molecule has 1 aromatic heterocycles. The first-order valence-electron chi connectivity index (χ1n) is 7.65. The van der Waals surface area contributed by atoms with E-state index in [9.17, 15) is 14.9 Å². The summed E-state index contributed by atoms with van der Waals surface area (Å²) in [4.78, 5) is 27.0. The summed E-state index contributed by atoms with van der Waals surface area (Å²) in [5.41, 5.74) is 1.91. The van der Waals surface area contributed by atoms with Gasteiger partial charge in [0, 0.05) is 30.1 Å². The summed E-state index contributed by atoms with van der Waals surface area (Å²) < 4.78 is 0. The molecule has 1 heterocycles. The number of hydrogen-bond acceptors (Lipinski definition) is 4.